The Morgan fingerprint density at radius 2 is 1.88 bits per heavy atom. The molecule has 25 heavy (non-hydrogen) atoms. The number of carboxylic acid groups (broad SMARTS) is 1. The molecule has 2 aromatic rings. The van der Waals surface area contributed by atoms with E-state index in [0.717, 1.165) is 68.9 Å². The van der Waals surface area contributed by atoms with Crippen molar-refractivity contribution in [1.82, 2.24) is 4.98 Å². The molecule has 1 aliphatic carbocycles. The quantitative estimate of drug-likeness (QED) is 0.748. The summed E-state index contributed by atoms with van der Waals surface area (Å²) in [5, 5.41) is 10.4. The summed E-state index contributed by atoms with van der Waals surface area (Å²) in [5.41, 5.74) is 5.09. The predicted octanol–water partition coefficient (Wildman–Crippen LogP) is 4.83. The average Bonchev–Trinajstić information content (AvgIpc) is 3.07. The Hall–Kier alpha value is -2.10. The van der Waals surface area contributed by atoms with Gasteiger partial charge in [0.25, 0.3) is 0 Å². The lowest BCUT2D eigenvalue weighted by atomic mass is 10.0. The zero-order valence-corrected chi connectivity index (χ0v) is 15.3. The maximum absolute atomic E-state index is 11.5. The Bertz CT molecular complexity index is 762. The molecule has 1 N–H and O–H groups in total. The summed E-state index contributed by atoms with van der Waals surface area (Å²) in [6, 6.07) is 5.37. The number of pyridine rings is 1. The fraction of sp³-hybridized carbons (Fsp3) is 0.524. The number of carbonyl (C=O) groups is 1. The lowest BCUT2D eigenvalue weighted by Crippen LogP contribution is -2.27. The van der Waals surface area contributed by atoms with E-state index < -0.39 is 5.97 Å². The molecule has 0 bridgehead atoms. The van der Waals surface area contributed by atoms with Crippen LogP contribution in [0, 0.1) is 0 Å². The zero-order valence-electron chi connectivity index (χ0n) is 15.3. The first-order valence-electron chi connectivity index (χ1n) is 9.59. The molecule has 1 aromatic carbocycles. The number of aryl methyl sites for hydroxylation is 1. The fourth-order valence-electron chi connectivity index (χ4n) is 3.77. The van der Waals surface area contributed by atoms with E-state index in [-0.39, 0.29) is 0 Å². The van der Waals surface area contributed by atoms with Crippen molar-refractivity contribution < 1.29 is 9.90 Å². The van der Waals surface area contributed by atoms with Gasteiger partial charge in [-0.15, -0.1) is 0 Å². The number of hydrogen-bond acceptors (Lipinski definition) is 3. The van der Waals surface area contributed by atoms with Crippen LogP contribution in [-0.2, 0) is 12.8 Å². The maximum Gasteiger partial charge on any atom is 0.335 e. The van der Waals surface area contributed by atoms with Crippen LogP contribution < -0.4 is 4.90 Å². The first kappa shape index (κ1) is 17.7. The number of aromatic carboxylic acids is 1. The van der Waals surface area contributed by atoms with Gasteiger partial charge < -0.3 is 10.0 Å². The predicted molar refractivity (Wildman–Crippen MR) is 103 cm³/mol. The lowest BCUT2D eigenvalue weighted by molar-refractivity contribution is 0.0697. The van der Waals surface area contributed by atoms with Crippen molar-refractivity contribution in [3.63, 3.8) is 0 Å². The molecule has 1 aliphatic rings. The molecule has 3 rings (SSSR count). The number of rotatable bonds is 8. The van der Waals surface area contributed by atoms with Crippen LogP contribution in [0.2, 0.25) is 0 Å². The highest BCUT2D eigenvalue weighted by Crippen LogP contribution is 2.37. The van der Waals surface area contributed by atoms with Crippen LogP contribution in [0.25, 0.3) is 10.9 Å². The van der Waals surface area contributed by atoms with Gasteiger partial charge in [0.2, 0.25) is 0 Å². The summed E-state index contributed by atoms with van der Waals surface area (Å²) < 4.78 is 0. The highest BCUT2D eigenvalue weighted by Gasteiger charge is 2.23. The van der Waals surface area contributed by atoms with Crippen molar-refractivity contribution in [2.45, 2.75) is 58.8 Å². The van der Waals surface area contributed by atoms with Gasteiger partial charge in [-0.05, 0) is 55.9 Å². The minimum Gasteiger partial charge on any atom is -0.478 e. The minimum absolute atomic E-state index is 0.347. The average molecular weight is 340 g/mol. The Labute approximate surface area is 149 Å². The van der Waals surface area contributed by atoms with E-state index in [0.29, 0.717) is 5.56 Å². The van der Waals surface area contributed by atoms with Crippen LogP contribution in [0.3, 0.4) is 0 Å². The molecule has 0 aliphatic heterocycles. The molecule has 4 heteroatoms. The van der Waals surface area contributed by atoms with Gasteiger partial charge in [0.05, 0.1) is 16.8 Å². The third-order valence-electron chi connectivity index (χ3n) is 5.11. The number of carboxylic acids is 1. The SMILES string of the molecule is CCCCN(CCCC)c1c2c(nc3ccc(C(=O)O)cc13)CCC2. The third-order valence-corrected chi connectivity index (χ3v) is 5.11. The first-order chi connectivity index (χ1) is 12.2. The van der Waals surface area contributed by atoms with Crippen molar-refractivity contribution in [1.29, 1.82) is 0 Å². The highest BCUT2D eigenvalue weighted by atomic mass is 16.4. The number of fused-ring (bicyclic) bond motifs is 2. The Kier molecular flexibility index (Phi) is 5.57. The summed E-state index contributed by atoms with van der Waals surface area (Å²) in [6.07, 6.45) is 7.87. The number of benzene rings is 1. The van der Waals surface area contributed by atoms with Gasteiger partial charge in [-0.3, -0.25) is 4.98 Å². The van der Waals surface area contributed by atoms with Crippen molar-refractivity contribution in [3.8, 4) is 0 Å². The third kappa shape index (κ3) is 3.63. The fourth-order valence-corrected chi connectivity index (χ4v) is 3.77. The second kappa shape index (κ2) is 7.85. The van der Waals surface area contributed by atoms with E-state index in [9.17, 15) is 9.90 Å². The summed E-state index contributed by atoms with van der Waals surface area (Å²) in [6.45, 7) is 6.49. The molecule has 0 amide bonds. The molecule has 0 spiro atoms. The van der Waals surface area contributed by atoms with Gasteiger partial charge in [-0.2, -0.15) is 0 Å². The Morgan fingerprint density at radius 3 is 2.52 bits per heavy atom. The van der Waals surface area contributed by atoms with Gasteiger partial charge in [-0.1, -0.05) is 26.7 Å². The molecule has 134 valence electrons. The maximum atomic E-state index is 11.5. The van der Waals surface area contributed by atoms with E-state index in [4.69, 9.17) is 4.98 Å². The molecular weight excluding hydrogens is 312 g/mol. The summed E-state index contributed by atoms with van der Waals surface area (Å²) >= 11 is 0. The largest absolute Gasteiger partial charge is 0.478 e. The molecule has 0 saturated heterocycles. The van der Waals surface area contributed by atoms with Gasteiger partial charge >= 0.3 is 5.97 Å². The number of aromatic nitrogens is 1. The number of hydrogen-bond donors (Lipinski definition) is 1. The van der Waals surface area contributed by atoms with Crippen LogP contribution in [0.1, 0.15) is 67.6 Å². The summed E-state index contributed by atoms with van der Waals surface area (Å²) in [4.78, 5) is 18.8. The lowest BCUT2D eigenvalue weighted by Gasteiger charge is -2.28. The Balaban J connectivity index is 2.17. The van der Waals surface area contributed by atoms with Crippen molar-refractivity contribution >= 4 is 22.6 Å². The monoisotopic (exact) mass is 340 g/mol. The molecule has 0 unspecified atom stereocenters. The second-order valence-corrected chi connectivity index (χ2v) is 6.97. The van der Waals surface area contributed by atoms with Crippen LogP contribution in [0.4, 0.5) is 5.69 Å². The summed E-state index contributed by atoms with van der Waals surface area (Å²) in [7, 11) is 0. The van der Waals surface area contributed by atoms with E-state index in [1.807, 2.05) is 12.1 Å². The van der Waals surface area contributed by atoms with Crippen LogP contribution >= 0.6 is 0 Å². The van der Waals surface area contributed by atoms with Crippen LogP contribution in [0.15, 0.2) is 18.2 Å². The molecule has 4 nitrogen and oxygen atoms in total. The second-order valence-electron chi connectivity index (χ2n) is 6.97. The van der Waals surface area contributed by atoms with E-state index >= 15 is 0 Å². The normalized spacial score (nSPS) is 13.2. The first-order valence-corrected chi connectivity index (χ1v) is 9.59. The number of nitrogens with zero attached hydrogens (tertiary/aromatic N) is 2. The Morgan fingerprint density at radius 1 is 1.16 bits per heavy atom. The smallest absolute Gasteiger partial charge is 0.335 e. The molecule has 1 heterocycles. The van der Waals surface area contributed by atoms with Gasteiger partial charge in [0.1, 0.15) is 0 Å². The van der Waals surface area contributed by atoms with Gasteiger partial charge in [0.15, 0.2) is 0 Å². The molecule has 0 atom stereocenters. The zero-order chi connectivity index (χ0) is 17.8. The highest BCUT2D eigenvalue weighted by molar-refractivity contribution is 5.99. The van der Waals surface area contributed by atoms with Crippen molar-refractivity contribution in [2.24, 2.45) is 0 Å². The van der Waals surface area contributed by atoms with Crippen LogP contribution in [0.5, 0.6) is 0 Å². The van der Waals surface area contributed by atoms with Crippen molar-refractivity contribution in [3.05, 3.63) is 35.0 Å². The molecule has 0 fully saturated rings. The molecule has 1 aromatic heterocycles. The summed E-state index contributed by atoms with van der Waals surface area (Å²) in [5.74, 6) is -0.873. The van der Waals surface area contributed by atoms with Gasteiger partial charge in [-0.25, -0.2) is 4.79 Å². The minimum atomic E-state index is -0.873. The van der Waals surface area contributed by atoms with Crippen molar-refractivity contribution in [2.75, 3.05) is 18.0 Å². The molecule has 0 saturated carbocycles. The number of anilines is 1. The van der Waals surface area contributed by atoms with Gasteiger partial charge in [0, 0.05) is 24.2 Å². The topological polar surface area (TPSA) is 53.4 Å². The van der Waals surface area contributed by atoms with E-state index in [2.05, 4.69) is 18.7 Å². The van der Waals surface area contributed by atoms with E-state index in [1.54, 1.807) is 6.07 Å². The van der Waals surface area contributed by atoms with E-state index in [1.165, 1.54) is 16.9 Å². The standard InChI is InChI=1S/C21H28N2O2/c1-3-5-12-23(13-6-4-2)20-16-8-7-9-18(16)22-19-11-10-15(21(24)25)14-17(19)20/h10-11,14H,3-9,12-13H2,1-2H3,(H,24,25). The number of unbranched alkanes of at least 4 members (excludes halogenated alkanes) is 2. The molecular formula is C21H28N2O2. The molecule has 0 radical (unpaired) electrons. The van der Waals surface area contributed by atoms with Crippen LogP contribution in [-0.4, -0.2) is 29.1 Å².